The molecule has 1 aliphatic heterocycles. The summed E-state index contributed by atoms with van der Waals surface area (Å²) in [5.74, 6) is -0.236. The van der Waals surface area contributed by atoms with Gasteiger partial charge in [-0.05, 0) is 37.5 Å². The molecule has 1 N–H and O–H groups in total. The summed E-state index contributed by atoms with van der Waals surface area (Å²) in [7, 11) is 0. The van der Waals surface area contributed by atoms with Crippen molar-refractivity contribution in [1.82, 2.24) is 10.2 Å². The van der Waals surface area contributed by atoms with E-state index in [1.165, 1.54) is 0 Å². The Labute approximate surface area is 142 Å². The second-order valence-corrected chi connectivity index (χ2v) is 6.20. The summed E-state index contributed by atoms with van der Waals surface area (Å²) in [6.45, 7) is 2.76. The van der Waals surface area contributed by atoms with Gasteiger partial charge in [0.1, 0.15) is 0 Å². The zero-order chi connectivity index (χ0) is 16.9. The predicted molar refractivity (Wildman–Crippen MR) is 93.6 cm³/mol. The highest BCUT2D eigenvalue weighted by Crippen LogP contribution is 2.31. The van der Waals surface area contributed by atoms with Crippen molar-refractivity contribution >= 4 is 11.8 Å². The average Bonchev–Trinajstić information content (AvgIpc) is 3.10. The highest BCUT2D eigenvalue weighted by molar-refractivity contribution is 5.96. The molecule has 1 atom stereocenters. The lowest BCUT2D eigenvalue weighted by Gasteiger charge is -2.25. The molecule has 124 valence electrons. The Morgan fingerprint density at radius 1 is 1.08 bits per heavy atom. The molecule has 0 radical (unpaired) electrons. The first-order valence-corrected chi connectivity index (χ1v) is 8.34. The summed E-state index contributed by atoms with van der Waals surface area (Å²) in [6, 6.07) is 17.5. The zero-order valence-electron chi connectivity index (χ0n) is 13.9. The van der Waals surface area contributed by atoms with Crippen LogP contribution >= 0.6 is 0 Å². The fraction of sp³-hybridized carbons (Fsp3) is 0.300. The van der Waals surface area contributed by atoms with Gasteiger partial charge < -0.3 is 10.2 Å². The topological polar surface area (TPSA) is 49.4 Å². The molecule has 0 saturated carbocycles. The van der Waals surface area contributed by atoms with Crippen LogP contribution in [0.5, 0.6) is 0 Å². The number of rotatable bonds is 4. The summed E-state index contributed by atoms with van der Waals surface area (Å²) >= 11 is 0. The van der Waals surface area contributed by atoms with Crippen molar-refractivity contribution in [2.45, 2.75) is 25.8 Å². The van der Waals surface area contributed by atoms with E-state index in [9.17, 15) is 9.59 Å². The summed E-state index contributed by atoms with van der Waals surface area (Å²) in [4.78, 5) is 26.6. The molecule has 0 bridgehead atoms. The summed E-state index contributed by atoms with van der Waals surface area (Å²) in [6.07, 6.45) is 1.97. The smallest absolute Gasteiger partial charge is 0.251 e. The molecule has 4 nitrogen and oxygen atoms in total. The number of benzene rings is 2. The number of hydrogen-bond donors (Lipinski definition) is 1. The lowest BCUT2D eigenvalue weighted by Crippen LogP contribution is -2.39. The lowest BCUT2D eigenvalue weighted by atomic mass is 10.0. The molecular weight excluding hydrogens is 300 g/mol. The molecule has 1 heterocycles. The van der Waals surface area contributed by atoms with Crippen LogP contribution in [0.15, 0.2) is 54.6 Å². The quantitative estimate of drug-likeness (QED) is 0.940. The molecule has 2 aromatic carbocycles. The number of carbonyl (C=O) groups excluding carboxylic acids is 2. The highest BCUT2D eigenvalue weighted by atomic mass is 16.2. The Balaban J connectivity index is 1.60. The van der Waals surface area contributed by atoms with Gasteiger partial charge in [0, 0.05) is 12.1 Å². The van der Waals surface area contributed by atoms with E-state index in [4.69, 9.17) is 0 Å². The third-order valence-electron chi connectivity index (χ3n) is 4.47. The van der Waals surface area contributed by atoms with Gasteiger partial charge >= 0.3 is 0 Å². The van der Waals surface area contributed by atoms with Crippen molar-refractivity contribution in [2.75, 3.05) is 13.1 Å². The van der Waals surface area contributed by atoms with E-state index >= 15 is 0 Å². The Morgan fingerprint density at radius 3 is 2.50 bits per heavy atom. The maximum absolute atomic E-state index is 12.5. The van der Waals surface area contributed by atoms with Gasteiger partial charge in [0.05, 0.1) is 12.6 Å². The number of hydrogen-bond acceptors (Lipinski definition) is 2. The fourth-order valence-electron chi connectivity index (χ4n) is 3.15. The molecule has 0 spiro atoms. The molecule has 1 saturated heterocycles. The van der Waals surface area contributed by atoms with E-state index in [-0.39, 0.29) is 24.4 Å². The van der Waals surface area contributed by atoms with Gasteiger partial charge in [0.15, 0.2) is 0 Å². The first kappa shape index (κ1) is 16.2. The van der Waals surface area contributed by atoms with Gasteiger partial charge in [-0.2, -0.15) is 0 Å². The van der Waals surface area contributed by atoms with Gasteiger partial charge in [-0.3, -0.25) is 9.59 Å². The third kappa shape index (κ3) is 3.65. The van der Waals surface area contributed by atoms with Crippen molar-refractivity contribution in [3.8, 4) is 0 Å². The minimum atomic E-state index is -0.209. The van der Waals surface area contributed by atoms with Crippen LogP contribution in [0.4, 0.5) is 0 Å². The van der Waals surface area contributed by atoms with Crippen LogP contribution in [0.2, 0.25) is 0 Å². The summed E-state index contributed by atoms with van der Waals surface area (Å²) in [5, 5.41) is 2.74. The Hall–Kier alpha value is -2.62. The molecule has 1 aliphatic rings. The van der Waals surface area contributed by atoms with Gasteiger partial charge in [0.25, 0.3) is 5.91 Å². The number of amides is 2. The number of nitrogens with one attached hydrogen (secondary N) is 1. The average molecular weight is 322 g/mol. The fourth-order valence-corrected chi connectivity index (χ4v) is 3.15. The molecule has 0 unspecified atom stereocenters. The predicted octanol–water partition coefficient (Wildman–Crippen LogP) is 3.09. The number of carbonyl (C=O) groups is 2. The van der Waals surface area contributed by atoms with Gasteiger partial charge in [-0.1, -0.05) is 48.0 Å². The molecule has 0 aromatic heterocycles. The van der Waals surface area contributed by atoms with E-state index in [1.54, 1.807) is 12.1 Å². The SMILES string of the molecule is Cc1ccc(C(=O)NCC(=O)N2CCC[C@H]2c2ccccc2)cc1. The Kier molecular flexibility index (Phi) is 4.94. The largest absolute Gasteiger partial charge is 0.343 e. The Morgan fingerprint density at radius 2 is 1.79 bits per heavy atom. The minimum Gasteiger partial charge on any atom is -0.343 e. The van der Waals surface area contributed by atoms with Crippen molar-refractivity contribution in [1.29, 1.82) is 0 Å². The van der Waals surface area contributed by atoms with E-state index in [2.05, 4.69) is 17.4 Å². The van der Waals surface area contributed by atoms with Crippen LogP contribution in [0, 0.1) is 6.92 Å². The van der Waals surface area contributed by atoms with Crippen LogP contribution < -0.4 is 5.32 Å². The first-order valence-electron chi connectivity index (χ1n) is 8.34. The maximum Gasteiger partial charge on any atom is 0.251 e. The van der Waals surface area contributed by atoms with Crippen molar-refractivity contribution in [2.24, 2.45) is 0 Å². The number of nitrogens with zero attached hydrogens (tertiary/aromatic N) is 1. The third-order valence-corrected chi connectivity index (χ3v) is 4.47. The van der Waals surface area contributed by atoms with Crippen LogP contribution in [0.3, 0.4) is 0 Å². The summed E-state index contributed by atoms with van der Waals surface area (Å²) < 4.78 is 0. The van der Waals surface area contributed by atoms with Crippen molar-refractivity contribution in [3.05, 3.63) is 71.3 Å². The standard InChI is InChI=1S/C20H22N2O2/c1-15-9-11-17(12-10-15)20(24)21-14-19(23)22-13-5-8-18(22)16-6-3-2-4-7-16/h2-4,6-7,9-12,18H,5,8,13-14H2,1H3,(H,21,24)/t18-/m0/s1. The van der Waals surface area contributed by atoms with E-state index in [1.807, 2.05) is 42.2 Å². The molecule has 0 aliphatic carbocycles. The van der Waals surface area contributed by atoms with Gasteiger partial charge in [0.2, 0.25) is 5.91 Å². The van der Waals surface area contributed by atoms with Crippen LogP contribution in [-0.4, -0.2) is 29.8 Å². The van der Waals surface area contributed by atoms with E-state index in [0.717, 1.165) is 30.5 Å². The van der Waals surface area contributed by atoms with Gasteiger partial charge in [-0.25, -0.2) is 0 Å². The Bertz CT molecular complexity index is 710. The molecule has 2 aromatic rings. The van der Waals surface area contributed by atoms with Crippen molar-refractivity contribution < 1.29 is 9.59 Å². The van der Waals surface area contributed by atoms with E-state index in [0.29, 0.717) is 5.56 Å². The second-order valence-electron chi connectivity index (χ2n) is 6.20. The molecule has 2 amide bonds. The zero-order valence-corrected chi connectivity index (χ0v) is 13.9. The van der Waals surface area contributed by atoms with Crippen LogP contribution in [0.1, 0.15) is 40.4 Å². The molecule has 4 heteroatoms. The summed E-state index contributed by atoms with van der Waals surface area (Å²) in [5.41, 5.74) is 2.84. The van der Waals surface area contributed by atoms with Crippen LogP contribution in [0.25, 0.3) is 0 Å². The minimum absolute atomic E-state index is 0.0261. The molecule has 3 rings (SSSR count). The highest BCUT2D eigenvalue weighted by Gasteiger charge is 2.29. The normalized spacial score (nSPS) is 16.9. The monoisotopic (exact) mass is 322 g/mol. The first-order chi connectivity index (χ1) is 11.6. The maximum atomic E-state index is 12.5. The number of likely N-dealkylation sites (tertiary alicyclic amines) is 1. The van der Waals surface area contributed by atoms with Crippen LogP contribution in [-0.2, 0) is 4.79 Å². The van der Waals surface area contributed by atoms with Crippen molar-refractivity contribution in [3.63, 3.8) is 0 Å². The molecule has 1 fully saturated rings. The second kappa shape index (κ2) is 7.30. The van der Waals surface area contributed by atoms with Gasteiger partial charge in [-0.15, -0.1) is 0 Å². The molecular formula is C20H22N2O2. The number of aryl methyl sites for hydroxylation is 1. The van der Waals surface area contributed by atoms with E-state index < -0.39 is 0 Å². The molecule has 24 heavy (non-hydrogen) atoms. The lowest BCUT2D eigenvalue weighted by molar-refractivity contribution is -0.131.